The van der Waals surface area contributed by atoms with Crippen LogP contribution in [0, 0.1) is 19.7 Å². The van der Waals surface area contributed by atoms with Crippen molar-refractivity contribution in [3.8, 4) is 5.75 Å². The predicted molar refractivity (Wildman–Crippen MR) is 133 cm³/mol. The maximum absolute atomic E-state index is 15.1. The lowest BCUT2D eigenvalue weighted by Gasteiger charge is -2.24. The van der Waals surface area contributed by atoms with Gasteiger partial charge in [0.2, 0.25) is 5.78 Å². The number of carbonyl (C=O) groups is 2. The van der Waals surface area contributed by atoms with Crippen molar-refractivity contribution in [2.24, 2.45) is 0 Å². The Kier molecular flexibility index (Phi) is 5.86. The summed E-state index contributed by atoms with van der Waals surface area (Å²) in [6.45, 7) is 5.83. The second-order valence-corrected chi connectivity index (χ2v) is 10.1. The Bertz CT molecular complexity index is 1520. The number of carbonyl (C=O) groups excluding carboxylic acids is 2. The molecule has 1 unspecified atom stereocenters. The molecule has 5 rings (SSSR count). The van der Waals surface area contributed by atoms with E-state index in [1.54, 1.807) is 32.0 Å². The molecule has 1 N–H and O–H groups in total. The summed E-state index contributed by atoms with van der Waals surface area (Å²) in [5, 5.41) is 11.8. The number of Topliss-reactive ketones (excluding diaryl/α,β-unsaturated/α-hetero) is 1. The molecule has 0 bridgehead atoms. The van der Waals surface area contributed by atoms with E-state index in [2.05, 4.69) is 9.97 Å². The standard InChI is InChI=1S/C25H20FN3O4S2/c1-4-33-14-9-10-17-18(11-14)35-25(28-17)29-20(15-7-5-6-8-16(15)26)19(22(31)24(29)32)21(30)23-12(2)27-13(3)34-23/h5-11,20,31H,4H2,1-3H3. The van der Waals surface area contributed by atoms with Crippen LogP contribution in [0.1, 0.15) is 38.9 Å². The fourth-order valence-electron chi connectivity index (χ4n) is 4.14. The Hall–Kier alpha value is -3.63. The largest absolute Gasteiger partial charge is 0.503 e. The van der Waals surface area contributed by atoms with E-state index in [1.165, 1.54) is 34.4 Å². The van der Waals surface area contributed by atoms with Crippen LogP contribution < -0.4 is 9.64 Å². The van der Waals surface area contributed by atoms with Crippen molar-refractivity contribution in [3.63, 3.8) is 0 Å². The summed E-state index contributed by atoms with van der Waals surface area (Å²) in [7, 11) is 0. The third-order valence-electron chi connectivity index (χ3n) is 5.63. The maximum atomic E-state index is 15.1. The van der Waals surface area contributed by atoms with Crippen molar-refractivity contribution >= 4 is 49.7 Å². The lowest BCUT2D eigenvalue weighted by Crippen LogP contribution is -2.31. The quantitative estimate of drug-likeness (QED) is 0.336. The van der Waals surface area contributed by atoms with Gasteiger partial charge in [0, 0.05) is 5.56 Å². The second-order valence-electron chi connectivity index (χ2n) is 7.90. The first-order chi connectivity index (χ1) is 16.8. The van der Waals surface area contributed by atoms with Crippen LogP contribution in [0.3, 0.4) is 0 Å². The minimum Gasteiger partial charge on any atom is -0.503 e. The molecule has 1 aliphatic rings. The number of thiazole rings is 2. The molecule has 0 spiro atoms. The van der Waals surface area contributed by atoms with Crippen LogP contribution in [-0.4, -0.2) is 33.4 Å². The van der Waals surface area contributed by atoms with Gasteiger partial charge < -0.3 is 9.84 Å². The molecule has 4 aromatic rings. The zero-order valence-electron chi connectivity index (χ0n) is 19.0. The van der Waals surface area contributed by atoms with Crippen LogP contribution in [-0.2, 0) is 4.79 Å². The number of aryl methyl sites for hydroxylation is 2. The number of aliphatic hydroxyl groups is 1. The van der Waals surface area contributed by atoms with Gasteiger partial charge in [0.05, 0.1) is 38.0 Å². The molecule has 1 amide bonds. The van der Waals surface area contributed by atoms with Crippen LogP contribution in [0.4, 0.5) is 9.52 Å². The van der Waals surface area contributed by atoms with Gasteiger partial charge in [-0.2, -0.15) is 0 Å². The zero-order valence-corrected chi connectivity index (χ0v) is 20.7. The molecule has 0 aliphatic carbocycles. The minimum atomic E-state index is -1.19. The summed E-state index contributed by atoms with van der Waals surface area (Å²) in [4.78, 5) is 37.3. The van der Waals surface area contributed by atoms with E-state index in [0.29, 0.717) is 33.5 Å². The number of anilines is 1. The number of aromatic nitrogens is 2. The van der Waals surface area contributed by atoms with Crippen LogP contribution >= 0.6 is 22.7 Å². The minimum absolute atomic E-state index is 0.0846. The fourth-order valence-corrected chi connectivity index (χ4v) is 6.04. The van der Waals surface area contributed by atoms with Gasteiger partial charge in [0.25, 0.3) is 5.91 Å². The first-order valence-electron chi connectivity index (χ1n) is 10.8. The van der Waals surface area contributed by atoms with Gasteiger partial charge in [-0.15, -0.1) is 11.3 Å². The summed E-state index contributed by atoms with van der Waals surface area (Å²) < 4.78 is 21.4. The van der Waals surface area contributed by atoms with Crippen molar-refractivity contribution in [1.82, 2.24) is 9.97 Å². The molecule has 178 valence electrons. The van der Waals surface area contributed by atoms with Crippen molar-refractivity contribution in [2.75, 3.05) is 11.5 Å². The maximum Gasteiger partial charge on any atom is 0.296 e. The SMILES string of the molecule is CCOc1ccc2nc(N3C(=O)C(O)=C(C(=O)c4sc(C)nc4C)C3c3ccccc3F)sc2c1. The van der Waals surface area contributed by atoms with E-state index in [0.717, 1.165) is 16.0 Å². The van der Waals surface area contributed by atoms with E-state index in [-0.39, 0.29) is 16.3 Å². The molecule has 7 nitrogen and oxygen atoms in total. The summed E-state index contributed by atoms with van der Waals surface area (Å²) in [6.07, 6.45) is 0. The molecular weight excluding hydrogens is 489 g/mol. The molecule has 0 saturated carbocycles. The Balaban J connectivity index is 1.67. The van der Waals surface area contributed by atoms with Gasteiger partial charge in [-0.1, -0.05) is 29.5 Å². The normalized spacial score (nSPS) is 15.9. The summed E-state index contributed by atoms with van der Waals surface area (Å²) in [5.74, 6) is -2.05. The summed E-state index contributed by atoms with van der Waals surface area (Å²) >= 11 is 2.36. The number of ether oxygens (including phenoxy) is 1. The third-order valence-corrected chi connectivity index (χ3v) is 7.72. The van der Waals surface area contributed by atoms with Gasteiger partial charge in [0.15, 0.2) is 10.9 Å². The average molecular weight is 510 g/mol. The van der Waals surface area contributed by atoms with Crippen LogP contribution in [0.5, 0.6) is 5.75 Å². The highest BCUT2D eigenvalue weighted by molar-refractivity contribution is 7.22. The number of hydrogen-bond donors (Lipinski definition) is 1. The number of halogens is 1. The first kappa shape index (κ1) is 23.1. The van der Waals surface area contributed by atoms with Gasteiger partial charge in [-0.05, 0) is 45.0 Å². The fraction of sp³-hybridized carbons (Fsp3) is 0.200. The topological polar surface area (TPSA) is 92.6 Å². The van der Waals surface area contributed by atoms with Crippen LogP contribution in [0.25, 0.3) is 10.2 Å². The van der Waals surface area contributed by atoms with Crippen molar-refractivity contribution in [3.05, 3.63) is 80.8 Å². The highest BCUT2D eigenvalue weighted by Gasteiger charge is 2.47. The van der Waals surface area contributed by atoms with E-state index >= 15 is 4.39 Å². The molecule has 35 heavy (non-hydrogen) atoms. The Morgan fingerprint density at radius 3 is 2.63 bits per heavy atom. The summed E-state index contributed by atoms with van der Waals surface area (Å²) in [5.41, 5.74) is 0.990. The number of rotatable bonds is 6. The number of ketones is 1. The molecule has 10 heteroatoms. The second kappa shape index (κ2) is 8.86. The van der Waals surface area contributed by atoms with Crippen LogP contribution in [0.15, 0.2) is 53.8 Å². The monoisotopic (exact) mass is 509 g/mol. The van der Waals surface area contributed by atoms with E-state index < -0.39 is 29.3 Å². The Morgan fingerprint density at radius 2 is 1.94 bits per heavy atom. The number of aliphatic hydroxyl groups excluding tert-OH is 1. The lowest BCUT2D eigenvalue weighted by molar-refractivity contribution is -0.117. The molecule has 2 aromatic carbocycles. The molecular formula is C25H20FN3O4S2. The average Bonchev–Trinajstić information content (AvgIpc) is 3.47. The number of nitrogens with zero attached hydrogens (tertiary/aromatic N) is 3. The number of benzene rings is 2. The lowest BCUT2D eigenvalue weighted by atomic mass is 9.95. The molecule has 0 fully saturated rings. The molecule has 0 radical (unpaired) electrons. The molecule has 1 aliphatic heterocycles. The highest BCUT2D eigenvalue weighted by Crippen LogP contribution is 2.45. The van der Waals surface area contributed by atoms with Gasteiger partial charge in [-0.25, -0.2) is 14.4 Å². The van der Waals surface area contributed by atoms with Crippen LogP contribution in [0.2, 0.25) is 0 Å². The van der Waals surface area contributed by atoms with Gasteiger partial charge in [-0.3, -0.25) is 14.5 Å². The smallest absolute Gasteiger partial charge is 0.296 e. The van der Waals surface area contributed by atoms with E-state index in [9.17, 15) is 14.7 Å². The number of fused-ring (bicyclic) bond motifs is 1. The Labute approximate surface area is 208 Å². The summed E-state index contributed by atoms with van der Waals surface area (Å²) in [6, 6.07) is 10.0. The van der Waals surface area contributed by atoms with Gasteiger partial charge in [0.1, 0.15) is 17.6 Å². The molecule has 3 heterocycles. The zero-order chi connectivity index (χ0) is 24.9. The van der Waals surface area contributed by atoms with E-state index in [4.69, 9.17) is 4.74 Å². The molecule has 0 saturated heterocycles. The van der Waals surface area contributed by atoms with Gasteiger partial charge >= 0.3 is 0 Å². The van der Waals surface area contributed by atoms with E-state index in [1.807, 2.05) is 13.0 Å². The first-order valence-corrected chi connectivity index (χ1v) is 12.5. The number of hydrogen-bond acceptors (Lipinski definition) is 8. The third kappa shape index (κ3) is 3.88. The number of amides is 1. The predicted octanol–water partition coefficient (Wildman–Crippen LogP) is 5.69. The molecule has 1 atom stereocenters. The van der Waals surface area contributed by atoms with Crippen molar-refractivity contribution in [1.29, 1.82) is 0 Å². The van der Waals surface area contributed by atoms with Crippen molar-refractivity contribution in [2.45, 2.75) is 26.8 Å². The molecule has 2 aromatic heterocycles. The Morgan fingerprint density at radius 1 is 1.17 bits per heavy atom. The van der Waals surface area contributed by atoms with Crippen molar-refractivity contribution < 1.29 is 23.8 Å². The highest BCUT2D eigenvalue weighted by atomic mass is 32.1.